The number of carboxylic acid groups (broad SMARTS) is 1. The number of carbonyl (C=O) groups excluding carboxylic acids is 1. The van der Waals surface area contributed by atoms with Crippen molar-refractivity contribution in [2.24, 2.45) is 0 Å². The van der Waals surface area contributed by atoms with Gasteiger partial charge in [0.2, 0.25) is 5.91 Å². The number of nitrogens with zero attached hydrogens (tertiary/aromatic N) is 1. The Balaban J connectivity index is 1.76. The van der Waals surface area contributed by atoms with Gasteiger partial charge in [0.25, 0.3) is 0 Å². The molecular formula is C15H20N2O4. The first kappa shape index (κ1) is 15.3. The van der Waals surface area contributed by atoms with E-state index in [9.17, 15) is 9.59 Å². The standard InChI is InChI=1S/C15H20N2O4/c1-15(21-8-14(19)20)9-17(10-15)13(18)7-6-11-4-2-3-5-12(11)16/h2-5H,6-10,16H2,1H3,(H,19,20). The lowest BCUT2D eigenvalue weighted by molar-refractivity contribution is -0.173. The van der Waals surface area contributed by atoms with Gasteiger partial charge in [0, 0.05) is 12.1 Å². The lowest BCUT2D eigenvalue weighted by atomic mass is 9.95. The Hall–Kier alpha value is -2.08. The van der Waals surface area contributed by atoms with E-state index in [1.165, 1.54) is 0 Å². The van der Waals surface area contributed by atoms with Crippen LogP contribution in [0.15, 0.2) is 24.3 Å². The molecule has 1 aromatic rings. The number of para-hydroxylation sites is 1. The van der Waals surface area contributed by atoms with Crippen LogP contribution in [0.2, 0.25) is 0 Å². The molecule has 6 heteroatoms. The maximum atomic E-state index is 12.0. The normalized spacial score (nSPS) is 16.3. The minimum atomic E-state index is -0.999. The van der Waals surface area contributed by atoms with Crippen molar-refractivity contribution in [2.45, 2.75) is 25.4 Å². The quantitative estimate of drug-likeness (QED) is 0.760. The Morgan fingerprint density at radius 2 is 2.05 bits per heavy atom. The molecule has 2 rings (SSSR count). The molecule has 6 nitrogen and oxygen atoms in total. The molecule has 21 heavy (non-hydrogen) atoms. The van der Waals surface area contributed by atoms with E-state index in [2.05, 4.69) is 0 Å². The van der Waals surface area contributed by atoms with Crippen LogP contribution in [0.25, 0.3) is 0 Å². The molecule has 0 saturated carbocycles. The van der Waals surface area contributed by atoms with Crippen molar-refractivity contribution in [1.29, 1.82) is 0 Å². The summed E-state index contributed by atoms with van der Waals surface area (Å²) in [6.45, 7) is 2.35. The second kappa shape index (κ2) is 6.13. The van der Waals surface area contributed by atoms with Gasteiger partial charge in [-0.3, -0.25) is 4.79 Å². The van der Waals surface area contributed by atoms with Crippen molar-refractivity contribution in [2.75, 3.05) is 25.4 Å². The number of amides is 1. The van der Waals surface area contributed by atoms with Crippen LogP contribution in [0.1, 0.15) is 18.9 Å². The van der Waals surface area contributed by atoms with E-state index in [1.54, 1.807) is 4.90 Å². The van der Waals surface area contributed by atoms with Gasteiger partial charge < -0.3 is 20.5 Å². The highest BCUT2D eigenvalue weighted by Gasteiger charge is 2.42. The lowest BCUT2D eigenvalue weighted by Gasteiger charge is -2.47. The van der Waals surface area contributed by atoms with Crippen LogP contribution in [0, 0.1) is 0 Å². The van der Waals surface area contributed by atoms with Crippen LogP contribution in [-0.4, -0.2) is 47.2 Å². The van der Waals surface area contributed by atoms with Gasteiger partial charge in [-0.05, 0) is 25.0 Å². The van der Waals surface area contributed by atoms with Crippen molar-refractivity contribution < 1.29 is 19.4 Å². The fraction of sp³-hybridized carbons (Fsp3) is 0.467. The Labute approximate surface area is 123 Å². The van der Waals surface area contributed by atoms with Gasteiger partial charge in [-0.15, -0.1) is 0 Å². The van der Waals surface area contributed by atoms with E-state index in [0.717, 1.165) is 5.56 Å². The minimum absolute atomic E-state index is 0.0367. The molecule has 1 fully saturated rings. The largest absolute Gasteiger partial charge is 0.480 e. The first-order valence-electron chi connectivity index (χ1n) is 6.86. The van der Waals surface area contributed by atoms with E-state index in [0.29, 0.717) is 31.6 Å². The number of aliphatic carboxylic acids is 1. The number of rotatable bonds is 6. The zero-order chi connectivity index (χ0) is 15.5. The molecule has 0 bridgehead atoms. The third kappa shape index (κ3) is 3.95. The first-order valence-corrected chi connectivity index (χ1v) is 6.86. The summed E-state index contributed by atoms with van der Waals surface area (Å²) in [4.78, 5) is 24.2. The van der Waals surface area contributed by atoms with Crippen LogP contribution >= 0.6 is 0 Å². The minimum Gasteiger partial charge on any atom is -0.480 e. The fourth-order valence-electron chi connectivity index (χ4n) is 2.43. The molecule has 0 radical (unpaired) electrons. The Kier molecular flexibility index (Phi) is 4.47. The summed E-state index contributed by atoms with van der Waals surface area (Å²) in [5.41, 5.74) is 6.96. The van der Waals surface area contributed by atoms with Crippen molar-refractivity contribution in [3.8, 4) is 0 Å². The molecule has 0 atom stereocenters. The number of carbonyl (C=O) groups is 2. The van der Waals surface area contributed by atoms with E-state index < -0.39 is 11.6 Å². The first-order chi connectivity index (χ1) is 9.89. The van der Waals surface area contributed by atoms with Crippen LogP contribution < -0.4 is 5.73 Å². The maximum absolute atomic E-state index is 12.0. The van der Waals surface area contributed by atoms with E-state index in [1.807, 2.05) is 31.2 Å². The van der Waals surface area contributed by atoms with Crippen LogP contribution in [0.3, 0.4) is 0 Å². The number of nitrogens with two attached hydrogens (primary N) is 1. The molecule has 1 aromatic carbocycles. The van der Waals surface area contributed by atoms with Gasteiger partial charge in [-0.25, -0.2) is 4.79 Å². The third-order valence-corrected chi connectivity index (χ3v) is 3.61. The molecular weight excluding hydrogens is 272 g/mol. The second-order valence-electron chi connectivity index (χ2n) is 5.58. The van der Waals surface area contributed by atoms with Crippen LogP contribution in [0.4, 0.5) is 5.69 Å². The molecule has 1 amide bonds. The molecule has 3 N–H and O–H groups in total. The van der Waals surface area contributed by atoms with Crippen molar-refractivity contribution in [3.05, 3.63) is 29.8 Å². The Morgan fingerprint density at radius 3 is 2.67 bits per heavy atom. The molecule has 1 saturated heterocycles. The summed E-state index contributed by atoms with van der Waals surface area (Å²) in [7, 11) is 0. The van der Waals surface area contributed by atoms with Crippen molar-refractivity contribution in [1.82, 2.24) is 4.90 Å². The molecule has 1 aliphatic heterocycles. The summed E-state index contributed by atoms with van der Waals surface area (Å²) < 4.78 is 5.28. The molecule has 1 heterocycles. The number of hydrogen-bond acceptors (Lipinski definition) is 4. The molecule has 1 aliphatic rings. The fourth-order valence-corrected chi connectivity index (χ4v) is 2.43. The number of nitrogen functional groups attached to an aromatic ring is 1. The van der Waals surface area contributed by atoms with E-state index >= 15 is 0 Å². The molecule has 0 unspecified atom stereocenters. The van der Waals surface area contributed by atoms with Crippen LogP contribution in [-0.2, 0) is 20.7 Å². The van der Waals surface area contributed by atoms with Gasteiger partial charge in [0.05, 0.1) is 13.1 Å². The smallest absolute Gasteiger partial charge is 0.329 e. The zero-order valence-corrected chi connectivity index (χ0v) is 12.0. The number of benzene rings is 1. The summed E-state index contributed by atoms with van der Waals surface area (Å²) in [5.74, 6) is -0.963. The Morgan fingerprint density at radius 1 is 1.38 bits per heavy atom. The molecule has 0 spiro atoms. The lowest BCUT2D eigenvalue weighted by Crippen LogP contribution is -2.63. The average Bonchev–Trinajstić information content (AvgIpc) is 2.41. The van der Waals surface area contributed by atoms with Crippen LogP contribution in [0.5, 0.6) is 0 Å². The molecule has 0 aliphatic carbocycles. The summed E-state index contributed by atoms with van der Waals surface area (Å²) in [6.07, 6.45) is 0.998. The zero-order valence-electron chi connectivity index (χ0n) is 12.0. The molecule has 114 valence electrons. The molecule has 0 aromatic heterocycles. The number of hydrogen-bond donors (Lipinski definition) is 2. The summed E-state index contributed by atoms with van der Waals surface area (Å²) in [5, 5.41) is 8.59. The highest BCUT2D eigenvalue weighted by Crippen LogP contribution is 2.25. The number of ether oxygens (including phenoxy) is 1. The SMILES string of the molecule is CC1(OCC(=O)O)CN(C(=O)CCc2ccccc2N)C1. The third-order valence-electron chi connectivity index (χ3n) is 3.61. The number of likely N-dealkylation sites (tertiary alicyclic amines) is 1. The van der Waals surface area contributed by atoms with Gasteiger partial charge in [-0.1, -0.05) is 18.2 Å². The summed E-state index contributed by atoms with van der Waals surface area (Å²) in [6, 6.07) is 7.50. The number of aryl methyl sites for hydroxylation is 1. The van der Waals surface area contributed by atoms with E-state index in [-0.39, 0.29) is 12.5 Å². The highest BCUT2D eigenvalue weighted by atomic mass is 16.5. The topological polar surface area (TPSA) is 92.9 Å². The van der Waals surface area contributed by atoms with Crippen molar-refractivity contribution >= 4 is 17.6 Å². The predicted octanol–water partition coefficient (Wildman–Crippen LogP) is 0.903. The average molecular weight is 292 g/mol. The highest BCUT2D eigenvalue weighted by molar-refractivity contribution is 5.78. The number of carboxylic acids is 1. The van der Waals surface area contributed by atoms with Gasteiger partial charge >= 0.3 is 5.97 Å². The van der Waals surface area contributed by atoms with E-state index in [4.69, 9.17) is 15.6 Å². The monoisotopic (exact) mass is 292 g/mol. The van der Waals surface area contributed by atoms with Gasteiger partial charge in [-0.2, -0.15) is 0 Å². The summed E-state index contributed by atoms with van der Waals surface area (Å²) >= 11 is 0. The maximum Gasteiger partial charge on any atom is 0.329 e. The number of anilines is 1. The van der Waals surface area contributed by atoms with Gasteiger partial charge in [0.15, 0.2) is 0 Å². The Bertz CT molecular complexity index is 538. The predicted molar refractivity (Wildman–Crippen MR) is 77.7 cm³/mol. The van der Waals surface area contributed by atoms with Crippen molar-refractivity contribution in [3.63, 3.8) is 0 Å². The van der Waals surface area contributed by atoms with Gasteiger partial charge in [0.1, 0.15) is 12.2 Å². The second-order valence-corrected chi connectivity index (χ2v) is 5.58.